The van der Waals surface area contributed by atoms with Gasteiger partial charge in [-0.05, 0) is 38.1 Å². The predicted molar refractivity (Wildman–Crippen MR) is 103 cm³/mol. The molecule has 2 aromatic heterocycles. The van der Waals surface area contributed by atoms with Gasteiger partial charge in [-0.25, -0.2) is 4.79 Å². The first-order chi connectivity index (χ1) is 13.5. The van der Waals surface area contributed by atoms with Crippen molar-refractivity contribution >= 4 is 6.03 Å². The fourth-order valence-electron chi connectivity index (χ4n) is 2.63. The van der Waals surface area contributed by atoms with Gasteiger partial charge in [0, 0.05) is 30.9 Å². The Morgan fingerprint density at radius 3 is 2.75 bits per heavy atom. The van der Waals surface area contributed by atoms with E-state index in [1.54, 1.807) is 32.2 Å². The lowest BCUT2D eigenvalue weighted by Crippen LogP contribution is -2.38. The molecule has 1 unspecified atom stereocenters. The highest BCUT2D eigenvalue weighted by atomic mass is 16.5. The Hall–Kier alpha value is -3.36. The van der Waals surface area contributed by atoms with Crippen LogP contribution in [-0.2, 0) is 13.1 Å². The van der Waals surface area contributed by atoms with Gasteiger partial charge < -0.3 is 19.5 Å². The maximum absolute atomic E-state index is 12.4. The normalized spacial score (nSPS) is 11.9. The molecule has 3 rings (SSSR count). The van der Waals surface area contributed by atoms with Gasteiger partial charge in [-0.2, -0.15) is 10.1 Å². The summed E-state index contributed by atoms with van der Waals surface area (Å²) in [5, 5.41) is 11.1. The van der Waals surface area contributed by atoms with Crippen LogP contribution in [0.3, 0.4) is 0 Å². The van der Waals surface area contributed by atoms with Gasteiger partial charge in [0.1, 0.15) is 11.8 Å². The molecule has 0 aliphatic rings. The van der Waals surface area contributed by atoms with Gasteiger partial charge in [0.05, 0.1) is 19.9 Å². The van der Waals surface area contributed by atoms with Gasteiger partial charge >= 0.3 is 6.03 Å². The number of aryl methyl sites for hydroxylation is 1. The van der Waals surface area contributed by atoms with E-state index in [9.17, 15) is 4.79 Å². The first kappa shape index (κ1) is 19.4. The Morgan fingerprint density at radius 2 is 2.11 bits per heavy atom. The Bertz CT molecular complexity index is 918. The second-order valence-electron chi connectivity index (χ2n) is 6.42. The highest BCUT2D eigenvalue weighted by molar-refractivity contribution is 5.74. The molecule has 0 aliphatic carbocycles. The number of carbonyl (C=O) groups excluding carboxylic acids is 1. The molecule has 0 aliphatic heterocycles. The molecule has 0 fully saturated rings. The SMILES string of the molecule is CCn1cc(CN(C)C(=O)NC(C)c2nc(-c3ccc(OC)cc3)no2)cn1. The lowest BCUT2D eigenvalue weighted by Gasteiger charge is -2.19. The molecule has 28 heavy (non-hydrogen) atoms. The minimum absolute atomic E-state index is 0.235. The van der Waals surface area contributed by atoms with Crippen LogP contribution in [0.5, 0.6) is 5.75 Å². The molecule has 2 amide bonds. The summed E-state index contributed by atoms with van der Waals surface area (Å²) < 4.78 is 12.3. The second-order valence-corrected chi connectivity index (χ2v) is 6.42. The standard InChI is InChI=1S/C19H24N6O3/c1-5-25-12-14(10-20-25)11-24(3)19(26)21-13(2)18-22-17(23-28-18)15-6-8-16(27-4)9-7-15/h6-10,12-13H,5,11H2,1-4H3,(H,21,26). The van der Waals surface area contributed by atoms with Crippen molar-refractivity contribution in [3.8, 4) is 17.1 Å². The van der Waals surface area contributed by atoms with Crippen molar-refractivity contribution in [3.05, 3.63) is 48.1 Å². The first-order valence-corrected chi connectivity index (χ1v) is 9.01. The number of hydrogen-bond donors (Lipinski definition) is 1. The number of nitrogens with zero attached hydrogens (tertiary/aromatic N) is 5. The molecular formula is C19H24N6O3. The summed E-state index contributed by atoms with van der Waals surface area (Å²) >= 11 is 0. The Kier molecular flexibility index (Phi) is 5.93. The second kappa shape index (κ2) is 8.55. The Labute approximate surface area is 163 Å². The Morgan fingerprint density at radius 1 is 1.36 bits per heavy atom. The van der Waals surface area contributed by atoms with Crippen LogP contribution in [0, 0.1) is 0 Å². The highest BCUT2D eigenvalue weighted by Crippen LogP contribution is 2.21. The first-order valence-electron chi connectivity index (χ1n) is 9.01. The summed E-state index contributed by atoms with van der Waals surface area (Å²) in [6.07, 6.45) is 3.68. The van der Waals surface area contributed by atoms with Gasteiger partial charge in [-0.15, -0.1) is 0 Å². The Balaban J connectivity index is 1.59. The average Bonchev–Trinajstić information content (AvgIpc) is 3.37. The van der Waals surface area contributed by atoms with Gasteiger partial charge in [0.15, 0.2) is 0 Å². The van der Waals surface area contributed by atoms with Gasteiger partial charge in [0.25, 0.3) is 0 Å². The van der Waals surface area contributed by atoms with E-state index in [0.29, 0.717) is 18.3 Å². The van der Waals surface area contributed by atoms with Gasteiger partial charge in [0.2, 0.25) is 11.7 Å². The van der Waals surface area contributed by atoms with Crippen molar-refractivity contribution in [1.29, 1.82) is 0 Å². The van der Waals surface area contributed by atoms with Gasteiger partial charge in [-0.1, -0.05) is 5.16 Å². The van der Waals surface area contributed by atoms with Crippen LogP contribution in [0.15, 0.2) is 41.2 Å². The van der Waals surface area contributed by atoms with Crippen LogP contribution in [0.4, 0.5) is 4.79 Å². The van der Waals surface area contributed by atoms with E-state index in [2.05, 4.69) is 20.6 Å². The third kappa shape index (κ3) is 4.48. The largest absolute Gasteiger partial charge is 0.497 e. The van der Waals surface area contributed by atoms with Crippen molar-refractivity contribution in [3.63, 3.8) is 0 Å². The molecule has 0 spiro atoms. The van der Waals surface area contributed by atoms with Gasteiger partial charge in [-0.3, -0.25) is 4.68 Å². The van der Waals surface area contributed by atoms with E-state index in [1.165, 1.54) is 0 Å². The van der Waals surface area contributed by atoms with Crippen molar-refractivity contribution in [1.82, 2.24) is 30.1 Å². The average molecular weight is 384 g/mol. The highest BCUT2D eigenvalue weighted by Gasteiger charge is 2.19. The number of rotatable bonds is 7. The van der Waals surface area contributed by atoms with Crippen LogP contribution < -0.4 is 10.1 Å². The number of benzene rings is 1. The molecule has 148 valence electrons. The smallest absolute Gasteiger partial charge is 0.318 e. The fraction of sp³-hybridized carbons (Fsp3) is 0.368. The topological polar surface area (TPSA) is 98.3 Å². The maximum atomic E-state index is 12.4. The van der Waals surface area contributed by atoms with Crippen molar-refractivity contribution < 1.29 is 14.1 Å². The van der Waals surface area contributed by atoms with E-state index in [1.807, 2.05) is 42.1 Å². The third-order valence-corrected chi connectivity index (χ3v) is 4.28. The van der Waals surface area contributed by atoms with Crippen molar-refractivity contribution in [2.45, 2.75) is 33.0 Å². The number of aromatic nitrogens is 4. The summed E-state index contributed by atoms with van der Waals surface area (Å²) in [5.74, 6) is 1.55. The fourth-order valence-corrected chi connectivity index (χ4v) is 2.63. The maximum Gasteiger partial charge on any atom is 0.318 e. The third-order valence-electron chi connectivity index (χ3n) is 4.28. The molecule has 0 saturated carbocycles. The molecule has 2 heterocycles. The number of methoxy groups -OCH3 is 1. The number of amides is 2. The summed E-state index contributed by atoms with van der Waals surface area (Å²) in [7, 11) is 3.33. The summed E-state index contributed by atoms with van der Waals surface area (Å²) in [5.41, 5.74) is 1.77. The molecule has 9 nitrogen and oxygen atoms in total. The quantitative estimate of drug-likeness (QED) is 0.673. The van der Waals surface area contributed by atoms with Crippen LogP contribution in [0.1, 0.15) is 31.3 Å². The van der Waals surface area contributed by atoms with Crippen LogP contribution in [-0.4, -0.2) is 45.0 Å². The van der Waals surface area contributed by atoms with E-state index in [4.69, 9.17) is 9.26 Å². The molecule has 3 aromatic rings. The van der Waals surface area contributed by atoms with E-state index in [0.717, 1.165) is 23.4 Å². The predicted octanol–water partition coefficient (Wildman–Crippen LogP) is 2.86. The molecule has 1 N–H and O–H groups in total. The number of nitrogens with one attached hydrogen (secondary N) is 1. The number of carbonyl (C=O) groups is 1. The van der Waals surface area contributed by atoms with E-state index in [-0.39, 0.29) is 6.03 Å². The number of ether oxygens (including phenoxy) is 1. The molecule has 1 atom stereocenters. The van der Waals surface area contributed by atoms with Crippen molar-refractivity contribution in [2.24, 2.45) is 0 Å². The van der Waals surface area contributed by atoms with Crippen LogP contribution >= 0.6 is 0 Å². The number of urea groups is 1. The lowest BCUT2D eigenvalue weighted by atomic mass is 10.2. The van der Waals surface area contributed by atoms with Crippen LogP contribution in [0.2, 0.25) is 0 Å². The minimum atomic E-state index is -0.423. The molecular weight excluding hydrogens is 360 g/mol. The molecule has 0 bridgehead atoms. The summed E-state index contributed by atoms with van der Waals surface area (Å²) in [6, 6.07) is 6.69. The molecule has 0 saturated heterocycles. The molecule has 0 radical (unpaired) electrons. The minimum Gasteiger partial charge on any atom is -0.497 e. The number of hydrogen-bond acceptors (Lipinski definition) is 6. The summed E-state index contributed by atoms with van der Waals surface area (Å²) in [4.78, 5) is 18.4. The van der Waals surface area contributed by atoms with Crippen LogP contribution in [0.25, 0.3) is 11.4 Å². The van der Waals surface area contributed by atoms with E-state index < -0.39 is 6.04 Å². The van der Waals surface area contributed by atoms with E-state index >= 15 is 0 Å². The lowest BCUT2D eigenvalue weighted by molar-refractivity contribution is 0.200. The monoisotopic (exact) mass is 384 g/mol. The molecule has 9 heteroatoms. The zero-order valence-electron chi connectivity index (χ0n) is 16.4. The molecule has 1 aromatic carbocycles. The summed E-state index contributed by atoms with van der Waals surface area (Å²) in [6.45, 7) is 5.06. The van der Waals surface area contributed by atoms with Crippen molar-refractivity contribution in [2.75, 3.05) is 14.2 Å². The zero-order valence-corrected chi connectivity index (χ0v) is 16.4. The zero-order chi connectivity index (χ0) is 20.1.